The summed E-state index contributed by atoms with van der Waals surface area (Å²) in [6.45, 7) is 6.12. The molecule has 2 aromatic carbocycles. The molecular weight excluding hydrogens is 468 g/mol. The van der Waals surface area contributed by atoms with E-state index < -0.39 is 0 Å². The normalized spacial score (nSPS) is 11.4. The van der Waals surface area contributed by atoms with Crippen molar-refractivity contribution >= 4 is 39.1 Å². The molecule has 0 saturated carbocycles. The van der Waals surface area contributed by atoms with Gasteiger partial charge in [0.25, 0.3) is 5.91 Å². The summed E-state index contributed by atoms with van der Waals surface area (Å²) in [5.74, 6) is 0.484. The number of nitrogens with one attached hydrogen (secondary N) is 1. The van der Waals surface area contributed by atoms with Crippen LogP contribution < -0.4 is 10.2 Å². The Labute approximate surface area is 189 Å². The Bertz CT molecular complexity index is 1080. The molecule has 1 aromatic heterocycles. The smallest absolute Gasteiger partial charge is 0.261 e. The van der Waals surface area contributed by atoms with Crippen molar-refractivity contribution in [3.8, 4) is 5.75 Å². The molecule has 0 bridgehead atoms. The van der Waals surface area contributed by atoms with Gasteiger partial charge in [-0.1, -0.05) is 29.8 Å². The highest BCUT2D eigenvalue weighted by molar-refractivity contribution is 9.10. The summed E-state index contributed by atoms with van der Waals surface area (Å²) >= 11 is 9.60. The van der Waals surface area contributed by atoms with E-state index in [1.54, 1.807) is 4.68 Å². The van der Waals surface area contributed by atoms with E-state index in [1.807, 2.05) is 69.3 Å². The summed E-state index contributed by atoms with van der Waals surface area (Å²) < 4.78 is 8.34. The van der Waals surface area contributed by atoms with Crippen LogP contribution in [-0.2, 0) is 17.9 Å². The third-order valence-electron chi connectivity index (χ3n) is 4.56. The van der Waals surface area contributed by atoms with Crippen LogP contribution in [0.15, 0.2) is 58.1 Å². The zero-order chi connectivity index (χ0) is 21.7. The Balaban J connectivity index is 1.56. The number of halogens is 2. The van der Waals surface area contributed by atoms with Crippen molar-refractivity contribution in [1.82, 2.24) is 15.2 Å². The Morgan fingerprint density at radius 3 is 2.53 bits per heavy atom. The third kappa shape index (κ3) is 5.49. The summed E-state index contributed by atoms with van der Waals surface area (Å²) in [5, 5.41) is 9.20. The molecule has 1 N–H and O–H groups in total. The average molecular weight is 490 g/mol. The molecule has 0 aliphatic heterocycles. The van der Waals surface area contributed by atoms with E-state index >= 15 is 0 Å². The van der Waals surface area contributed by atoms with Crippen LogP contribution in [0, 0.1) is 13.8 Å². The molecule has 0 saturated heterocycles. The van der Waals surface area contributed by atoms with E-state index in [-0.39, 0.29) is 12.5 Å². The molecule has 0 spiro atoms. The second-order valence-corrected chi connectivity index (χ2v) is 7.98. The van der Waals surface area contributed by atoms with Crippen LogP contribution >= 0.6 is 27.5 Å². The maximum absolute atomic E-state index is 12.2. The minimum Gasteiger partial charge on any atom is -0.489 e. The first kappa shape index (κ1) is 22.1. The Morgan fingerprint density at radius 1 is 1.20 bits per heavy atom. The van der Waals surface area contributed by atoms with Crippen LogP contribution in [0.5, 0.6) is 5.75 Å². The van der Waals surface area contributed by atoms with Crippen LogP contribution in [0.4, 0.5) is 0 Å². The second kappa shape index (κ2) is 9.91. The number of amides is 1. The number of hydrazone groups is 1. The summed E-state index contributed by atoms with van der Waals surface area (Å²) in [6, 6.07) is 15.1. The van der Waals surface area contributed by atoms with Gasteiger partial charge in [-0.05, 0) is 72.6 Å². The number of carbonyl (C=O) groups excluding carboxylic acids is 1. The number of carbonyl (C=O) groups is 1. The SMILES string of the molecule is CC(=NNC(=O)Cn1nc(C)c(Br)c1C)c1ccc(OCc2ccccc2Cl)cc1. The molecule has 0 fully saturated rings. The van der Waals surface area contributed by atoms with E-state index in [2.05, 4.69) is 31.6 Å². The van der Waals surface area contributed by atoms with Gasteiger partial charge in [0.05, 0.1) is 21.6 Å². The van der Waals surface area contributed by atoms with Crippen molar-refractivity contribution in [2.45, 2.75) is 33.9 Å². The number of nitrogens with zero attached hydrogens (tertiary/aromatic N) is 3. The fraction of sp³-hybridized carbons (Fsp3) is 0.227. The number of hydrogen-bond donors (Lipinski definition) is 1. The fourth-order valence-electron chi connectivity index (χ4n) is 2.78. The molecule has 30 heavy (non-hydrogen) atoms. The molecule has 3 aromatic rings. The largest absolute Gasteiger partial charge is 0.489 e. The first-order chi connectivity index (χ1) is 14.3. The third-order valence-corrected chi connectivity index (χ3v) is 6.08. The summed E-state index contributed by atoms with van der Waals surface area (Å²) in [4.78, 5) is 12.2. The molecule has 0 atom stereocenters. The monoisotopic (exact) mass is 488 g/mol. The lowest BCUT2D eigenvalue weighted by molar-refractivity contribution is -0.121. The van der Waals surface area contributed by atoms with Crippen LogP contribution in [0.25, 0.3) is 0 Å². The second-order valence-electron chi connectivity index (χ2n) is 6.78. The van der Waals surface area contributed by atoms with Crippen LogP contribution in [0.2, 0.25) is 5.02 Å². The minimum absolute atomic E-state index is 0.101. The molecule has 1 heterocycles. The Kier molecular flexibility index (Phi) is 7.29. The molecule has 0 aliphatic rings. The van der Waals surface area contributed by atoms with Crippen molar-refractivity contribution in [2.24, 2.45) is 5.10 Å². The van der Waals surface area contributed by atoms with Crippen molar-refractivity contribution in [1.29, 1.82) is 0 Å². The number of benzene rings is 2. The molecular formula is C22H22BrClN4O2. The van der Waals surface area contributed by atoms with Crippen molar-refractivity contribution in [3.63, 3.8) is 0 Å². The van der Waals surface area contributed by atoms with E-state index in [0.29, 0.717) is 17.3 Å². The fourth-order valence-corrected chi connectivity index (χ4v) is 3.25. The molecule has 6 nitrogen and oxygen atoms in total. The van der Waals surface area contributed by atoms with Crippen LogP contribution in [-0.4, -0.2) is 21.4 Å². The Hall–Kier alpha value is -2.64. The van der Waals surface area contributed by atoms with Gasteiger partial charge in [0.1, 0.15) is 18.9 Å². The predicted octanol–water partition coefficient (Wildman–Crippen LogP) is 5.04. The van der Waals surface area contributed by atoms with Gasteiger partial charge in [-0.3, -0.25) is 9.48 Å². The molecule has 156 valence electrons. The highest BCUT2D eigenvalue weighted by Gasteiger charge is 2.11. The lowest BCUT2D eigenvalue weighted by atomic mass is 10.1. The number of aryl methyl sites for hydroxylation is 1. The van der Waals surface area contributed by atoms with E-state index in [9.17, 15) is 4.79 Å². The average Bonchev–Trinajstić information content (AvgIpc) is 2.98. The first-order valence-corrected chi connectivity index (χ1v) is 10.5. The van der Waals surface area contributed by atoms with Crippen molar-refractivity contribution < 1.29 is 9.53 Å². The first-order valence-electron chi connectivity index (χ1n) is 9.34. The zero-order valence-corrected chi connectivity index (χ0v) is 19.3. The number of hydrogen-bond acceptors (Lipinski definition) is 4. The lowest BCUT2D eigenvalue weighted by Gasteiger charge is -2.09. The van der Waals surface area contributed by atoms with E-state index in [1.165, 1.54) is 0 Å². The predicted molar refractivity (Wildman–Crippen MR) is 122 cm³/mol. The summed E-state index contributed by atoms with van der Waals surface area (Å²) in [7, 11) is 0. The van der Waals surface area contributed by atoms with Gasteiger partial charge in [-0.15, -0.1) is 0 Å². The molecule has 1 amide bonds. The lowest BCUT2D eigenvalue weighted by Crippen LogP contribution is -2.25. The van der Waals surface area contributed by atoms with E-state index in [0.717, 1.165) is 32.7 Å². The maximum atomic E-state index is 12.2. The van der Waals surface area contributed by atoms with Gasteiger partial charge < -0.3 is 4.74 Å². The zero-order valence-electron chi connectivity index (χ0n) is 16.9. The maximum Gasteiger partial charge on any atom is 0.261 e. The van der Waals surface area contributed by atoms with Gasteiger partial charge in [0, 0.05) is 10.6 Å². The topological polar surface area (TPSA) is 68.5 Å². The van der Waals surface area contributed by atoms with Crippen molar-refractivity contribution in [3.05, 3.63) is 80.5 Å². The summed E-state index contributed by atoms with van der Waals surface area (Å²) in [6.07, 6.45) is 0. The van der Waals surface area contributed by atoms with Gasteiger partial charge in [0.2, 0.25) is 0 Å². The van der Waals surface area contributed by atoms with Gasteiger partial charge in [0.15, 0.2) is 0 Å². The molecule has 0 aliphatic carbocycles. The highest BCUT2D eigenvalue weighted by Crippen LogP contribution is 2.20. The number of rotatable bonds is 7. The number of ether oxygens (including phenoxy) is 1. The standard InChI is InChI=1S/C22H22BrClN4O2/c1-14(25-26-21(29)12-28-16(3)22(23)15(2)27-28)17-8-10-19(11-9-17)30-13-18-6-4-5-7-20(18)24/h4-11H,12-13H2,1-3H3,(H,26,29). The van der Waals surface area contributed by atoms with Gasteiger partial charge in [-0.2, -0.15) is 10.2 Å². The molecule has 0 unspecified atom stereocenters. The van der Waals surface area contributed by atoms with Crippen LogP contribution in [0.1, 0.15) is 29.4 Å². The van der Waals surface area contributed by atoms with Crippen LogP contribution in [0.3, 0.4) is 0 Å². The number of aromatic nitrogens is 2. The quantitative estimate of drug-likeness (QED) is 0.374. The minimum atomic E-state index is -0.243. The molecule has 3 rings (SSSR count). The molecule has 8 heteroatoms. The molecule has 0 radical (unpaired) electrons. The van der Waals surface area contributed by atoms with E-state index in [4.69, 9.17) is 16.3 Å². The van der Waals surface area contributed by atoms with Gasteiger partial charge >= 0.3 is 0 Å². The van der Waals surface area contributed by atoms with Gasteiger partial charge in [-0.25, -0.2) is 5.43 Å². The Morgan fingerprint density at radius 2 is 1.90 bits per heavy atom. The highest BCUT2D eigenvalue weighted by atomic mass is 79.9. The van der Waals surface area contributed by atoms with Crippen molar-refractivity contribution in [2.75, 3.05) is 0 Å². The summed E-state index contributed by atoms with van der Waals surface area (Å²) in [5.41, 5.74) is 6.83.